The zero-order valence-corrected chi connectivity index (χ0v) is 17.0. The molecule has 25 heavy (non-hydrogen) atoms. The van der Waals surface area contributed by atoms with Crippen molar-refractivity contribution in [2.24, 2.45) is 0 Å². The van der Waals surface area contributed by atoms with Gasteiger partial charge in [-0.2, -0.15) is 27.8 Å². The van der Waals surface area contributed by atoms with Gasteiger partial charge >= 0.3 is 18.9 Å². The summed E-state index contributed by atoms with van der Waals surface area (Å²) < 4.78 is 0. The third kappa shape index (κ3) is 4.32. The minimum absolute atomic E-state index is 0. The van der Waals surface area contributed by atoms with Crippen LogP contribution in [0, 0.1) is 27.7 Å². The second-order valence-corrected chi connectivity index (χ2v) is 8.89. The third-order valence-corrected chi connectivity index (χ3v) is 7.83. The topological polar surface area (TPSA) is 0 Å². The average Bonchev–Trinajstić information content (AvgIpc) is 2.81. The molecule has 3 rings (SSSR count). The summed E-state index contributed by atoms with van der Waals surface area (Å²) in [5.74, 6) is 0. The van der Waals surface area contributed by atoms with E-state index in [-0.39, 0.29) is 26.8 Å². The van der Waals surface area contributed by atoms with Gasteiger partial charge in [-0.05, 0) is 31.1 Å². The molecule has 3 aromatic carbocycles. The molecule has 0 nitrogen and oxygen atoms in total. The Hall–Kier alpha value is -1.18. The fourth-order valence-electron chi connectivity index (χ4n) is 3.52. The molecule has 0 saturated heterocycles. The van der Waals surface area contributed by atoms with Crippen molar-refractivity contribution in [1.82, 2.24) is 0 Å². The summed E-state index contributed by atoms with van der Waals surface area (Å²) in [6.07, 6.45) is 2.38. The minimum atomic E-state index is -0.300. The maximum atomic E-state index is 2.29. The quantitative estimate of drug-likeness (QED) is 0.380. The first-order valence-corrected chi connectivity index (χ1v) is 10.2. The van der Waals surface area contributed by atoms with Gasteiger partial charge in [0.1, 0.15) is 0 Å². The molecule has 2 heteroatoms. The molecule has 0 aliphatic rings. The summed E-state index contributed by atoms with van der Waals surface area (Å²) >= 11 is 0. The Morgan fingerprint density at radius 1 is 0.760 bits per heavy atom. The van der Waals surface area contributed by atoms with E-state index in [0.29, 0.717) is 0 Å². The van der Waals surface area contributed by atoms with E-state index >= 15 is 0 Å². The first-order chi connectivity index (χ1) is 11.6. The molecule has 0 spiro atoms. The van der Waals surface area contributed by atoms with E-state index in [2.05, 4.69) is 88.4 Å². The number of hydrogen-bond acceptors (Lipinski definition) is 0. The molecule has 0 aromatic heterocycles. The van der Waals surface area contributed by atoms with Crippen LogP contribution in [-0.2, 0) is 6.42 Å². The van der Waals surface area contributed by atoms with Crippen molar-refractivity contribution < 1.29 is 18.9 Å². The summed E-state index contributed by atoms with van der Waals surface area (Å²) in [6, 6.07) is 22.1. The molecule has 0 aliphatic carbocycles. The van der Waals surface area contributed by atoms with Gasteiger partial charge in [-0.1, -0.05) is 88.4 Å². The molecule has 0 aliphatic heterocycles. The van der Waals surface area contributed by atoms with Crippen LogP contribution >= 0.6 is 7.92 Å². The van der Waals surface area contributed by atoms with Crippen molar-refractivity contribution in [2.45, 2.75) is 34.1 Å². The molecular weight excluding hydrogens is 314 g/mol. The summed E-state index contributed by atoms with van der Waals surface area (Å²) in [4.78, 5) is 0. The smallest absolute Gasteiger partial charge is 0.196 e. The minimum Gasteiger partial charge on any atom is -0.196 e. The zero-order valence-electron chi connectivity index (χ0n) is 16.1. The standard InChI is InChI=1S/C23H26P.Li/c1-17-18(2)20(4)23(19(17)3)15-16-24(21-11-7-5-8-12-21)22-13-9-6-10-14-22;/h5-14H,15-16H2,1-4H3;/q-1;+1. The van der Waals surface area contributed by atoms with Crippen LogP contribution in [0.4, 0.5) is 0 Å². The maximum absolute atomic E-state index is 2.29. The number of rotatable bonds is 5. The second-order valence-electron chi connectivity index (χ2n) is 6.55. The van der Waals surface area contributed by atoms with Crippen LogP contribution in [0.2, 0.25) is 0 Å². The van der Waals surface area contributed by atoms with Gasteiger partial charge in [0.2, 0.25) is 0 Å². The Morgan fingerprint density at radius 2 is 1.24 bits per heavy atom. The predicted molar refractivity (Wildman–Crippen MR) is 109 cm³/mol. The first kappa shape index (κ1) is 20.1. The van der Waals surface area contributed by atoms with Crippen LogP contribution in [0.15, 0.2) is 60.7 Å². The number of hydrogen-bond donors (Lipinski definition) is 0. The van der Waals surface area contributed by atoms with Crippen LogP contribution in [0.3, 0.4) is 0 Å². The molecule has 0 heterocycles. The first-order valence-electron chi connectivity index (χ1n) is 8.69. The average molecular weight is 340 g/mol. The summed E-state index contributed by atoms with van der Waals surface area (Å²) in [6.45, 7) is 9.10. The van der Waals surface area contributed by atoms with Gasteiger partial charge in [0.25, 0.3) is 0 Å². The Labute approximate surface area is 166 Å². The molecule has 124 valence electrons. The van der Waals surface area contributed by atoms with E-state index in [0.717, 1.165) is 0 Å². The zero-order chi connectivity index (χ0) is 17.1. The van der Waals surface area contributed by atoms with Crippen molar-refractivity contribution in [1.29, 1.82) is 0 Å². The van der Waals surface area contributed by atoms with Crippen molar-refractivity contribution in [3.8, 4) is 0 Å². The molecule has 0 fully saturated rings. The molecule has 0 bridgehead atoms. The van der Waals surface area contributed by atoms with E-state index in [9.17, 15) is 0 Å². The van der Waals surface area contributed by atoms with E-state index in [4.69, 9.17) is 0 Å². The Morgan fingerprint density at radius 3 is 1.64 bits per heavy atom. The van der Waals surface area contributed by atoms with Crippen LogP contribution in [0.25, 0.3) is 0 Å². The van der Waals surface area contributed by atoms with Gasteiger partial charge in [-0.3, -0.25) is 0 Å². The van der Waals surface area contributed by atoms with Crippen LogP contribution in [0.5, 0.6) is 0 Å². The molecule has 0 amide bonds. The fraction of sp³-hybridized carbons (Fsp3) is 0.261. The maximum Gasteiger partial charge on any atom is 1.00 e. The van der Waals surface area contributed by atoms with Crippen molar-refractivity contribution in [3.63, 3.8) is 0 Å². The predicted octanol–water partition coefficient (Wildman–Crippen LogP) is 2.32. The molecule has 0 atom stereocenters. The second kappa shape index (κ2) is 8.96. The molecule has 0 saturated carbocycles. The van der Waals surface area contributed by atoms with Crippen LogP contribution in [-0.4, -0.2) is 6.16 Å². The van der Waals surface area contributed by atoms with Gasteiger partial charge in [-0.15, -0.1) is 0 Å². The van der Waals surface area contributed by atoms with Crippen molar-refractivity contribution in [2.75, 3.05) is 6.16 Å². The van der Waals surface area contributed by atoms with E-state index in [1.807, 2.05) is 0 Å². The monoisotopic (exact) mass is 340 g/mol. The van der Waals surface area contributed by atoms with Crippen molar-refractivity contribution >= 4 is 18.5 Å². The van der Waals surface area contributed by atoms with E-state index in [1.165, 1.54) is 45.4 Å². The Kier molecular flexibility index (Phi) is 7.22. The summed E-state index contributed by atoms with van der Waals surface area (Å²) in [7, 11) is -0.300. The summed E-state index contributed by atoms with van der Waals surface area (Å²) in [5.41, 5.74) is 7.53. The van der Waals surface area contributed by atoms with Crippen molar-refractivity contribution in [3.05, 3.63) is 88.5 Å². The molecular formula is C23H26LiP. The SMILES string of the molecule is Cc1c(C)c(CCP(c2ccccc2)c2ccccc2)[c-](C)c1C.[Li+]. The van der Waals surface area contributed by atoms with Gasteiger partial charge < -0.3 is 0 Å². The molecule has 0 radical (unpaired) electrons. The normalized spacial score (nSPS) is 10.8. The molecule has 0 unspecified atom stereocenters. The van der Waals surface area contributed by atoms with Gasteiger partial charge in [0.05, 0.1) is 0 Å². The summed E-state index contributed by atoms with van der Waals surface area (Å²) in [5, 5.41) is 2.96. The third-order valence-electron chi connectivity index (χ3n) is 5.31. The van der Waals surface area contributed by atoms with Gasteiger partial charge in [-0.25, -0.2) is 0 Å². The van der Waals surface area contributed by atoms with E-state index < -0.39 is 0 Å². The van der Waals surface area contributed by atoms with Crippen LogP contribution in [0.1, 0.15) is 27.8 Å². The largest absolute Gasteiger partial charge is 1.00 e. The van der Waals surface area contributed by atoms with Crippen LogP contribution < -0.4 is 29.5 Å². The molecule has 0 N–H and O–H groups in total. The fourth-order valence-corrected chi connectivity index (χ4v) is 5.84. The Bertz CT molecular complexity index is 738. The van der Waals surface area contributed by atoms with E-state index in [1.54, 1.807) is 5.56 Å². The van der Waals surface area contributed by atoms with Gasteiger partial charge in [0, 0.05) is 0 Å². The molecule has 3 aromatic rings. The van der Waals surface area contributed by atoms with Gasteiger partial charge in [0.15, 0.2) is 0 Å². The number of benzene rings is 2. The Balaban J connectivity index is 0.00000225.